The van der Waals surface area contributed by atoms with Gasteiger partial charge in [0.25, 0.3) is 5.97 Å². The van der Waals surface area contributed by atoms with Crippen LogP contribution in [0.25, 0.3) is 0 Å². The number of aliphatic hydroxyl groups is 1. The Kier molecular flexibility index (Phi) is 12.5. The number of hydrogen-bond donors (Lipinski definition) is 3. The fourth-order valence-corrected chi connectivity index (χ4v) is 3.60. The Morgan fingerprint density at radius 3 is 2.14 bits per heavy atom. The van der Waals surface area contributed by atoms with Crippen molar-refractivity contribution in [2.75, 3.05) is 0 Å². The van der Waals surface area contributed by atoms with Gasteiger partial charge in [-0.25, -0.2) is 0 Å². The van der Waals surface area contributed by atoms with Gasteiger partial charge in [0, 0.05) is 13.3 Å². The average molecular weight is 409 g/mol. The lowest BCUT2D eigenvalue weighted by atomic mass is 9.72. The number of carboxylic acid groups (broad SMARTS) is 2. The molecule has 0 heterocycles. The van der Waals surface area contributed by atoms with Crippen LogP contribution in [0.5, 0.6) is 0 Å². The van der Waals surface area contributed by atoms with Crippen molar-refractivity contribution in [1.82, 2.24) is 0 Å². The summed E-state index contributed by atoms with van der Waals surface area (Å²) in [6, 6.07) is 0. The molecule has 29 heavy (non-hydrogen) atoms. The van der Waals surface area contributed by atoms with Crippen molar-refractivity contribution in [2.45, 2.75) is 79.8 Å². The van der Waals surface area contributed by atoms with Crippen molar-refractivity contribution < 1.29 is 24.9 Å². The summed E-state index contributed by atoms with van der Waals surface area (Å²) in [6.07, 6.45) is 8.41. The van der Waals surface area contributed by atoms with Crippen molar-refractivity contribution in [2.24, 2.45) is 23.7 Å². The molecular weight excluding hydrogens is 368 g/mol. The van der Waals surface area contributed by atoms with Crippen LogP contribution in [0.15, 0.2) is 35.5 Å². The highest BCUT2D eigenvalue weighted by Gasteiger charge is 2.29. The van der Waals surface area contributed by atoms with Gasteiger partial charge in [0.1, 0.15) is 0 Å². The first-order valence-electron chi connectivity index (χ1n) is 10.5. The fourth-order valence-electron chi connectivity index (χ4n) is 3.60. The summed E-state index contributed by atoms with van der Waals surface area (Å²) in [7, 11) is 0. The van der Waals surface area contributed by atoms with E-state index in [2.05, 4.69) is 40.3 Å². The van der Waals surface area contributed by atoms with E-state index in [1.165, 1.54) is 17.6 Å². The maximum absolute atomic E-state index is 10.7. The Hall–Kier alpha value is -1.88. The predicted molar refractivity (Wildman–Crippen MR) is 118 cm³/mol. The molecule has 2 rings (SSSR count). The number of carbonyl (C=O) groups is 2. The molecule has 5 nitrogen and oxygen atoms in total. The van der Waals surface area contributed by atoms with Gasteiger partial charge in [-0.3, -0.25) is 9.59 Å². The van der Waals surface area contributed by atoms with E-state index in [1.807, 2.05) is 13.0 Å². The second kappa shape index (κ2) is 13.4. The normalized spacial score (nSPS) is 26.1. The smallest absolute Gasteiger partial charge is 0.303 e. The van der Waals surface area contributed by atoms with Crippen LogP contribution in [-0.2, 0) is 9.59 Å². The molecular formula is C24H40O5. The van der Waals surface area contributed by atoms with Crippen LogP contribution >= 0.6 is 0 Å². The average Bonchev–Trinajstić information content (AvgIpc) is 2.58. The monoisotopic (exact) mass is 408 g/mol. The van der Waals surface area contributed by atoms with Crippen LogP contribution in [0.1, 0.15) is 73.6 Å². The third-order valence-electron chi connectivity index (χ3n) is 5.75. The fraction of sp³-hybridized carbons (Fsp3) is 0.667. The minimum atomic E-state index is -0.833. The summed E-state index contributed by atoms with van der Waals surface area (Å²) in [4.78, 5) is 19.7. The van der Waals surface area contributed by atoms with E-state index in [9.17, 15) is 9.90 Å². The van der Waals surface area contributed by atoms with E-state index in [1.54, 1.807) is 0 Å². The Morgan fingerprint density at radius 2 is 1.72 bits per heavy atom. The molecule has 4 atom stereocenters. The topological polar surface area (TPSA) is 94.8 Å². The van der Waals surface area contributed by atoms with Crippen molar-refractivity contribution in [3.05, 3.63) is 35.5 Å². The summed E-state index contributed by atoms with van der Waals surface area (Å²) in [5.41, 5.74) is 3.64. The standard InChI is InChI=1S/C12H20O2.C10H16O.C2H4O2/c1-8(2)10-5-4-9(3)11(6-10)7-12(13)14;1-7(2)9-5-4-8(3)10(11)6-9;1-2(3)4/h9-11H,1,4-7H2,2-3H3,(H,13,14);4-5,7,10-11H,6H2,1-3H3;1H3,(H,3,4). The molecule has 0 amide bonds. The molecule has 0 spiro atoms. The van der Waals surface area contributed by atoms with E-state index < -0.39 is 11.9 Å². The van der Waals surface area contributed by atoms with E-state index in [0.717, 1.165) is 31.8 Å². The summed E-state index contributed by atoms with van der Waals surface area (Å²) in [6.45, 7) is 15.6. The molecule has 4 unspecified atom stereocenters. The lowest BCUT2D eigenvalue weighted by molar-refractivity contribution is -0.139. The SMILES string of the molecule is C=C(C)C1CCC(C)C(CC(=O)O)C1.CC(=O)O.CC1=CC=C(C(C)C)CC1O. The molecule has 0 aromatic heterocycles. The van der Waals surface area contributed by atoms with Crippen LogP contribution in [0.3, 0.4) is 0 Å². The Morgan fingerprint density at radius 1 is 1.17 bits per heavy atom. The van der Waals surface area contributed by atoms with Gasteiger partial charge >= 0.3 is 5.97 Å². The van der Waals surface area contributed by atoms with Crippen LogP contribution in [0.4, 0.5) is 0 Å². The molecule has 0 aliphatic heterocycles. The van der Waals surface area contributed by atoms with Crippen molar-refractivity contribution in [1.29, 1.82) is 0 Å². The van der Waals surface area contributed by atoms with Crippen LogP contribution in [0, 0.1) is 23.7 Å². The molecule has 2 aliphatic carbocycles. The number of aliphatic carboxylic acids is 2. The van der Waals surface area contributed by atoms with Crippen molar-refractivity contribution in [3.63, 3.8) is 0 Å². The highest BCUT2D eigenvalue weighted by Crippen LogP contribution is 2.38. The zero-order chi connectivity index (χ0) is 22.7. The van der Waals surface area contributed by atoms with E-state index in [-0.39, 0.29) is 6.10 Å². The third-order valence-corrected chi connectivity index (χ3v) is 5.75. The number of rotatable bonds is 4. The molecule has 0 radical (unpaired) electrons. The third kappa shape index (κ3) is 11.6. The quantitative estimate of drug-likeness (QED) is 0.537. The van der Waals surface area contributed by atoms with Crippen LogP contribution in [0.2, 0.25) is 0 Å². The van der Waals surface area contributed by atoms with Gasteiger partial charge < -0.3 is 15.3 Å². The predicted octanol–water partition coefficient (Wildman–Crippen LogP) is 5.46. The lowest BCUT2D eigenvalue weighted by Gasteiger charge is -2.33. The van der Waals surface area contributed by atoms with Crippen LogP contribution in [-0.4, -0.2) is 33.4 Å². The Balaban J connectivity index is 0.000000466. The molecule has 0 aromatic carbocycles. The molecule has 0 bridgehead atoms. The first kappa shape index (κ1) is 27.1. The maximum atomic E-state index is 10.7. The second-order valence-corrected chi connectivity index (χ2v) is 8.74. The first-order valence-corrected chi connectivity index (χ1v) is 10.5. The molecule has 0 aromatic rings. The molecule has 166 valence electrons. The Labute approximate surface area is 176 Å². The highest BCUT2D eigenvalue weighted by molar-refractivity contribution is 5.67. The van der Waals surface area contributed by atoms with E-state index >= 15 is 0 Å². The van der Waals surface area contributed by atoms with E-state index in [4.69, 9.17) is 15.0 Å². The molecule has 3 N–H and O–H groups in total. The van der Waals surface area contributed by atoms with Crippen molar-refractivity contribution >= 4 is 11.9 Å². The second-order valence-electron chi connectivity index (χ2n) is 8.74. The van der Waals surface area contributed by atoms with Gasteiger partial charge in [-0.15, -0.1) is 0 Å². The minimum absolute atomic E-state index is 0.239. The van der Waals surface area contributed by atoms with Gasteiger partial charge in [0.05, 0.1) is 6.10 Å². The molecule has 2 aliphatic rings. The number of hydrogen-bond acceptors (Lipinski definition) is 3. The molecule has 0 saturated heterocycles. The van der Waals surface area contributed by atoms with Gasteiger partial charge in [-0.1, -0.05) is 50.6 Å². The lowest BCUT2D eigenvalue weighted by Crippen LogP contribution is -2.25. The van der Waals surface area contributed by atoms with Crippen molar-refractivity contribution in [3.8, 4) is 0 Å². The number of allylic oxidation sites excluding steroid dienone is 3. The minimum Gasteiger partial charge on any atom is -0.481 e. The zero-order valence-electron chi connectivity index (χ0n) is 18.9. The maximum Gasteiger partial charge on any atom is 0.303 e. The van der Waals surface area contributed by atoms with Gasteiger partial charge in [0.2, 0.25) is 0 Å². The van der Waals surface area contributed by atoms with Crippen LogP contribution < -0.4 is 0 Å². The summed E-state index contributed by atoms with van der Waals surface area (Å²) < 4.78 is 0. The molecule has 1 saturated carbocycles. The van der Waals surface area contributed by atoms with E-state index in [0.29, 0.717) is 30.1 Å². The summed E-state index contributed by atoms with van der Waals surface area (Å²) >= 11 is 0. The zero-order valence-corrected chi connectivity index (χ0v) is 18.9. The largest absolute Gasteiger partial charge is 0.481 e. The summed E-state index contributed by atoms with van der Waals surface area (Å²) in [5.74, 6) is 0.526. The molecule has 1 fully saturated rings. The highest BCUT2D eigenvalue weighted by atomic mass is 16.4. The van der Waals surface area contributed by atoms with Gasteiger partial charge in [-0.2, -0.15) is 0 Å². The van der Waals surface area contributed by atoms with Gasteiger partial charge in [0.15, 0.2) is 0 Å². The molecule has 5 heteroatoms. The number of carboxylic acids is 2. The number of aliphatic hydroxyl groups excluding tert-OH is 1. The summed E-state index contributed by atoms with van der Waals surface area (Å²) in [5, 5.41) is 25.7. The van der Waals surface area contributed by atoms with Gasteiger partial charge in [-0.05, 0) is 68.8 Å². The Bertz CT molecular complexity index is 611. The first-order chi connectivity index (χ1) is 13.3.